The highest BCUT2D eigenvalue weighted by molar-refractivity contribution is 7.47. The van der Waals surface area contributed by atoms with Crippen LogP contribution in [0.3, 0.4) is 0 Å². The lowest BCUT2D eigenvalue weighted by molar-refractivity contribution is -0.409. The summed E-state index contributed by atoms with van der Waals surface area (Å²) < 4.78 is 277. The molecule has 10 nitrogen and oxygen atoms in total. The van der Waals surface area contributed by atoms with Crippen molar-refractivity contribution in [2.24, 2.45) is 0 Å². The van der Waals surface area contributed by atoms with E-state index in [9.17, 15) is 97.9 Å². The van der Waals surface area contributed by atoms with Gasteiger partial charge in [0.15, 0.2) is 12.2 Å². The van der Waals surface area contributed by atoms with Crippen LogP contribution in [-0.2, 0) is 36.7 Å². The average Bonchev–Trinajstić information content (AvgIpc) is 2.79. The van der Waals surface area contributed by atoms with Gasteiger partial charge >= 0.3 is 52.6 Å². The molecule has 2 N–H and O–H groups in total. The fourth-order valence-corrected chi connectivity index (χ4v) is 3.41. The van der Waals surface area contributed by atoms with Gasteiger partial charge < -0.3 is 19.3 Å². The summed E-state index contributed by atoms with van der Waals surface area (Å²) in [6.07, 6.45) is -46.4. The van der Waals surface area contributed by atoms with Crippen molar-refractivity contribution in [1.29, 1.82) is 0 Å². The van der Waals surface area contributed by atoms with E-state index in [1.807, 2.05) is 0 Å². The number of rotatable bonds is 17. The van der Waals surface area contributed by atoms with Crippen molar-refractivity contribution >= 4 is 15.6 Å². The number of halogens is 18. The van der Waals surface area contributed by atoms with Crippen LogP contribution in [0.4, 0.5) is 79.0 Å². The molecule has 46 heavy (non-hydrogen) atoms. The topological polar surface area (TPSA) is 130 Å². The minimum Gasteiger partial charge on any atom is -0.302 e. The van der Waals surface area contributed by atoms with E-state index in [-0.39, 0.29) is 0 Å². The normalized spacial score (nSPS) is 21.1. The Morgan fingerprint density at radius 3 is 0.935 bits per heavy atom. The molecule has 30 heteroatoms. The third-order valence-corrected chi connectivity index (χ3v) is 6.81. The molecule has 0 heterocycles. The van der Waals surface area contributed by atoms with E-state index in [0.717, 1.165) is 0 Å². The molecule has 6 unspecified atom stereocenters. The molecule has 0 saturated heterocycles. The lowest BCUT2D eigenvalue weighted by Crippen LogP contribution is -2.57. The van der Waals surface area contributed by atoms with Crippen LogP contribution in [0.5, 0.6) is 0 Å². The van der Waals surface area contributed by atoms with Gasteiger partial charge in [0.25, 0.3) is 11.3 Å². The van der Waals surface area contributed by atoms with Crippen molar-refractivity contribution in [3.63, 3.8) is 0 Å². The fraction of sp³-hybridized carbons (Fsp3) is 1.00. The van der Waals surface area contributed by atoms with Crippen molar-refractivity contribution < 1.29 is 126 Å². The zero-order chi connectivity index (χ0) is 37.2. The summed E-state index contributed by atoms with van der Waals surface area (Å²) >= 11 is 0. The zero-order valence-corrected chi connectivity index (χ0v) is 23.6. The van der Waals surface area contributed by atoms with Crippen LogP contribution in [0.1, 0.15) is 13.8 Å². The fourth-order valence-electron chi connectivity index (χ4n) is 2.00. The van der Waals surface area contributed by atoms with E-state index >= 15 is 0 Å². The molecular weight excluding hydrogens is 756 g/mol. The van der Waals surface area contributed by atoms with E-state index in [2.05, 4.69) is 27.6 Å². The molecule has 0 aliphatic carbocycles. The van der Waals surface area contributed by atoms with Gasteiger partial charge in [-0.1, -0.05) is 0 Å². The van der Waals surface area contributed by atoms with E-state index in [1.165, 1.54) is 0 Å². The maximum absolute atomic E-state index is 13.5. The minimum atomic E-state index is -6.51. The van der Waals surface area contributed by atoms with Crippen LogP contribution in [0.2, 0.25) is 0 Å². The Bertz CT molecular complexity index is 1000. The Balaban J connectivity index is 5.29. The van der Waals surface area contributed by atoms with E-state index < -0.39 is 116 Å². The summed E-state index contributed by atoms with van der Waals surface area (Å²) in [5.41, 5.74) is -11.5. The Labute approximate surface area is 243 Å². The molecule has 0 fully saturated rings. The standard InChI is InChI=1S/C16H18F18O10P2/c1-9(17,13(25,26)27)15(31,32)43-7(11(19,20)21)5-41-45(35,36)39-3-4-40-46(37,38)42-6-8(12(22,23)24)44-16(33,34)10(2,18)14(28,29)30/h7-8H,3-6H2,1-2H3,(H,35,36)(H,37,38). The Morgan fingerprint density at radius 1 is 0.500 bits per heavy atom. The number of phosphoric ester groups is 2. The van der Waals surface area contributed by atoms with Crippen LogP contribution in [0, 0.1) is 0 Å². The largest absolute Gasteiger partial charge is 0.472 e. The number of alkyl halides is 18. The van der Waals surface area contributed by atoms with Crippen molar-refractivity contribution in [1.82, 2.24) is 0 Å². The van der Waals surface area contributed by atoms with Gasteiger partial charge in [-0.25, -0.2) is 17.9 Å². The van der Waals surface area contributed by atoms with Gasteiger partial charge in [-0.15, -0.1) is 0 Å². The SMILES string of the molecule is CC(F)(C(F)(F)F)C(F)(F)OC(COP(=O)(O)OCCOP(=O)(O)OCC(OC(F)(F)C(C)(F)C(F)(F)F)C(F)(F)F)C(F)(F)F. The molecule has 0 spiro atoms. The quantitative estimate of drug-likeness (QED) is 0.0914. The van der Waals surface area contributed by atoms with Gasteiger partial charge in [0.05, 0.1) is 26.4 Å². The smallest absolute Gasteiger partial charge is 0.302 e. The third-order valence-electron chi connectivity index (χ3n) is 4.84. The Morgan fingerprint density at radius 2 is 0.739 bits per heavy atom. The first-order valence-electron chi connectivity index (χ1n) is 10.8. The van der Waals surface area contributed by atoms with Crippen molar-refractivity contribution in [3.05, 3.63) is 0 Å². The highest BCUT2D eigenvalue weighted by Crippen LogP contribution is 2.51. The molecule has 0 aliphatic heterocycles. The van der Waals surface area contributed by atoms with E-state index in [0.29, 0.717) is 0 Å². The van der Waals surface area contributed by atoms with Gasteiger partial charge in [-0.3, -0.25) is 18.1 Å². The molecule has 0 aromatic heterocycles. The molecule has 0 aliphatic rings. The Kier molecular flexibility index (Phi) is 14.0. The minimum absolute atomic E-state index is 0.913. The van der Waals surface area contributed by atoms with E-state index in [4.69, 9.17) is 0 Å². The highest BCUT2D eigenvalue weighted by Gasteiger charge is 2.72. The maximum atomic E-state index is 13.5. The number of hydrogen-bond acceptors (Lipinski definition) is 8. The second-order valence-electron chi connectivity index (χ2n) is 8.53. The second kappa shape index (κ2) is 14.4. The predicted octanol–water partition coefficient (Wildman–Crippen LogP) is 6.92. The summed E-state index contributed by atoms with van der Waals surface area (Å²) in [4.78, 5) is 18.5. The molecule has 0 radical (unpaired) electrons. The summed E-state index contributed by atoms with van der Waals surface area (Å²) in [5, 5.41) is 0. The van der Waals surface area contributed by atoms with Gasteiger partial charge in [0, 0.05) is 0 Å². The van der Waals surface area contributed by atoms with Crippen LogP contribution in [-0.4, -0.2) is 96.7 Å². The molecule has 6 atom stereocenters. The summed E-state index contributed by atoms with van der Waals surface area (Å²) in [7, 11) is -11.9. The van der Waals surface area contributed by atoms with Crippen LogP contribution < -0.4 is 0 Å². The second-order valence-corrected chi connectivity index (χ2v) is 11.4. The summed E-state index contributed by atoms with van der Waals surface area (Å²) in [5.74, 6) is 0. The first kappa shape index (κ1) is 44.9. The molecule has 0 amide bonds. The van der Waals surface area contributed by atoms with Gasteiger partial charge in [0.2, 0.25) is 0 Å². The highest BCUT2D eigenvalue weighted by atomic mass is 31.2. The van der Waals surface area contributed by atoms with Crippen LogP contribution in [0.15, 0.2) is 0 Å². The first-order valence-corrected chi connectivity index (χ1v) is 13.8. The van der Waals surface area contributed by atoms with Crippen LogP contribution >= 0.6 is 15.6 Å². The van der Waals surface area contributed by atoms with Crippen molar-refractivity contribution in [2.45, 2.75) is 74.3 Å². The van der Waals surface area contributed by atoms with Gasteiger partial charge in [-0.2, -0.15) is 70.2 Å². The molecule has 0 rings (SSSR count). The molecule has 278 valence electrons. The lowest BCUT2D eigenvalue weighted by Gasteiger charge is -2.34. The molecule has 0 bridgehead atoms. The molecule has 0 aromatic carbocycles. The first-order chi connectivity index (χ1) is 19.8. The average molecular weight is 774 g/mol. The van der Waals surface area contributed by atoms with Crippen molar-refractivity contribution in [2.75, 3.05) is 26.4 Å². The Hall–Kier alpha value is -1.12. The number of phosphoric acid groups is 2. The lowest BCUT2D eigenvalue weighted by atomic mass is 10.1. The number of hydrogen-bond donors (Lipinski definition) is 2. The predicted molar refractivity (Wildman–Crippen MR) is 106 cm³/mol. The van der Waals surface area contributed by atoms with Gasteiger partial charge in [-0.05, 0) is 13.8 Å². The number of ether oxygens (including phenoxy) is 2. The van der Waals surface area contributed by atoms with Crippen molar-refractivity contribution in [3.8, 4) is 0 Å². The van der Waals surface area contributed by atoms with Gasteiger partial charge in [0.1, 0.15) is 0 Å². The summed E-state index contributed by atoms with van der Waals surface area (Å²) in [6.45, 7) is -10.3. The molecule has 0 saturated carbocycles. The summed E-state index contributed by atoms with van der Waals surface area (Å²) in [6, 6.07) is 0. The third kappa shape index (κ3) is 12.4. The monoisotopic (exact) mass is 774 g/mol. The molecule has 0 aromatic rings. The van der Waals surface area contributed by atoms with Crippen LogP contribution in [0.25, 0.3) is 0 Å². The molecular formula is C16H18F18O10P2. The maximum Gasteiger partial charge on any atom is 0.472 e. The zero-order valence-electron chi connectivity index (χ0n) is 21.8. The van der Waals surface area contributed by atoms with E-state index in [1.54, 1.807) is 0 Å².